The summed E-state index contributed by atoms with van der Waals surface area (Å²) in [5.74, 6) is 0.343. The van der Waals surface area contributed by atoms with Crippen LogP contribution in [0.1, 0.15) is 44.7 Å². The number of nitrogens with zero attached hydrogens (tertiary/aromatic N) is 2. The van der Waals surface area contributed by atoms with Gasteiger partial charge in [-0.05, 0) is 25.7 Å². The highest BCUT2D eigenvalue weighted by Crippen LogP contribution is 2.31. The van der Waals surface area contributed by atoms with E-state index in [9.17, 15) is 13.2 Å². The average Bonchev–Trinajstić information content (AvgIpc) is 2.45. The van der Waals surface area contributed by atoms with E-state index >= 15 is 0 Å². The normalized spacial score (nSPS) is 16.8. The summed E-state index contributed by atoms with van der Waals surface area (Å²) >= 11 is 0. The van der Waals surface area contributed by atoms with Gasteiger partial charge in [0.05, 0.1) is 6.61 Å². The molecule has 1 aromatic rings. The van der Waals surface area contributed by atoms with Gasteiger partial charge in [0.1, 0.15) is 0 Å². The molecule has 0 radical (unpaired) electrons. The van der Waals surface area contributed by atoms with Gasteiger partial charge < -0.3 is 10.1 Å². The first-order valence-corrected chi connectivity index (χ1v) is 7.32. The topological polar surface area (TPSA) is 47.0 Å². The maximum atomic E-state index is 12.8. The molecule has 118 valence electrons. The number of anilines is 1. The van der Waals surface area contributed by atoms with Gasteiger partial charge in [-0.3, -0.25) is 0 Å². The smallest absolute Gasteiger partial charge is 0.433 e. The van der Waals surface area contributed by atoms with Crippen LogP contribution in [-0.2, 0) is 6.18 Å². The van der Waals surface area contributed by atoms with E-state index in [4.69, 9.17) is 4.74 Å². The first kappa shape index (κ1) is 15.9. The molecular weight excluding hydrogens is 283 g/mol. The van der Waals surface area contributed by atoms with Gasteiger partial charge in [0, 0.05) is 12.6 Å². The average molecular weight is 303 g/mol. The second-order valence-electron chi connectivity index (χ2n) is 5.26. The van der Waals surface area contributed by atoms with Crippen LogP contribution in [0.4, 0.5) is 19.1 Å². The van der Waals surface area contributed by atoms with E-state index in [1.807, 2.05) is 0 Å². The van der Waals surface area contributed by atoms with Gasteiger partial charge in [-0.1, -0.05) is 19.3 Å². The van der Waals surface area contributed by atoms with E-state index in [1.165, 1.54) is 6.42 Å². The third-order valence-corrected chi connectivity index (χ3v) is 3.52. The Hall–Kier alpha value is -1.53. The van der Waals surface area contributed by atoms with Crippen LogP contribution < -0.4 is 10.1 Å². The van der Waals surface area contributed by atoms with Gasteiger partial charge in [0.25, 0.3) is 0 Å². The van der Waals surface area contributed by atoms with Crippen LogP contribution in [0, 0.1) is 5.92 Å². The molecule has 1 saturated carbocycles. The minimum absolute atomic E-state index is 0.0150. The summed E-state index contributed by atoms with van der Waals surface area (Å²) in [6.45, 7) is 2.63. The first-order valence-electron chi connectivity index (χ1n) is 7.32. The van der Waals surface area contributed by atoms with Crippen LogP contribution in [0.2, 0.25) is 0 Å². The Kier molecular flexibility index (Phi) is 5.25. The van der Waals surface area contributed by atoms with Crippen molar-refractivity contribution in [3.8, 4) is 5.88 Å². The van der Waals surface area contributed by atoms with Gasteiger partial charge in [0.2, 0.25) is 11.8 Å². The summed E-state index contributed by atoms with van der Waals surface area (Å²) < 4.78 is 43.9. The number of rotatable bonds is 5. The molecule has 1 fully saturated rings. The fraction of sp³-hybridized carbons (Fsp3) is 0.714. The number of ether oxygens (including phenoxy) is 1. The maximum absolute atomic E-state index is 12.8. The molecule has 0 aliphatic heterocycles. The lowest BCUT2D eigenvalue weighted by molar-refractivity contribution is -0.141. The van der Waals surface area contributed by atoms with Crippen molar-refractivity contribution in [2.24, 2.45) is 5.92 Å². The van der Waals surface area contributed by atoms with Crippen molar-refractivity contribution in [3.63, 3.8) is 0 Å². The van der Waals surface area contributed by atoms with Crippen molar-refractivity contribution >= 4 is 5.95 Å². The van der Waals surface area contributed by atoms with Crippen molar-refractivity contribution in [2.75, 3.05) is 18.5 Å². The van der Waals surface area contributed by atoms with Crippen LogP contribution in [-0.4, -0.2) is 23.1 Å². The van der Waals surface area contributed by atoms with Gasteiger partial charge >= 0.3 is 6.18 Å². The summed E-state index contributed by atoms with van der Waals surface area (Å²) in [6, 6.07) is 0.865. The molecule has 0 spiro atoms. The Morgan fingerprint density at radius 3 is 2.57 bits per heavy atom. The largest absolute Gasteiger partial charge is 0.477 e. The highest BCUT2D eigenvalue weighted by Gasteiger charge is 2.34. The van der Waals surface area contributed by atoms with Gasteiger partial charge in [0.15, 0.2) is 5.69 Å². The molecule has 1 N–H and O–H groups in total. The zero-order valence-electron chi connectivity index (χ0n) is 12.0. The molecule has 4 nitrogen and oxygen atoms in total. The lowest BCUT2D eigenvalue weighted by Gasteiger charge is -2.21. The summed E-state index contributed by atoms with van der Waals surface area (Å²) in [5.41, 5.74) is -0.980. The highest BCUT2D eigenvalue weighted by atomic mass is 19.4. The Labute approximate surface area is 122 Å². The molecule has 0 unspecified atom stereocenters. The van der Waals surface area contributed by atoms with E-state index in [0.29, 0.717) is 19.1 Å². The first-order chi connectivity index (χ1) is 9.99. The fourth-order valence-electron chi connectivity index (χ4n) is 2.44. The minimum atomic E-state index is -4.50. The molecule has 2 rings (SSSR count). The molecule has 1 aliphatic rings. The Morgan fingerprint density at radius 1 is 1.24 bits per heavy atom. The van der Waals surface area contributed by atoms with E-state index in [0.717, 1.165) is 31.7 Å². The van der Waals surface area contributed by atoms with Gasteiger partial charge in [-0.2, -0.15) is 18.2 Å². The molecular formula is C14H20F3N3O. The second-order valence-corrected chi connectivity index (χ2v) is 5.26. The monoisotopic (exact) mass is 303 g/mol. The van der Waals surface area contributed by atoms with Crippen molar-refractivity contribution in [1.82, 2.24) is 9.97 Å². The molecule has 1 aliphatic carbocycles. The maximum Gasteiger partial charge on any atom is 0.433 e. The molecule has 21 heavy (non-hydrogen) atoms. The lowest BCUT2D eigenvalue weighted by Crippen LogP contribution is -2.17. The zero-order chi connectivity index (χ0) is 15.3. The van der Waals surface area contributed by atoms with Crippen LogP contribution in [0.3, 0.4) is 0 Å². The molecule has 0 amide bonds. The second kappa shape index (κ2) is 6.95. The van der Waals surface area contributed by atoms with Crippen LogP contribution in [0.5, 0.6) is 5.88 Å². The van der Waals surface area contributed by atoms with Crippen molar-refractivity contribution < 1.29 is 17.9 Å². The van der Waals surface area contributed by atoms with E-state index in [-0.39, 0.29) is 11.8 Å². The number of halogens is 3. The summed E-state index contributed by atoms with van der Waals surface area (Å²) in [6.07, 6.45) is 1.18. The highest BCUT2D eigenvalue weighted by molar-refractivity contribution is 5.31. The summed E-state index contributed by atoms with van der Waals surface area (Å²) in [5, 5.41) is 2.70. The number of hydrogen-bond donors (Lipinski definition) is 1. The summed E-state index contributed by atoms with van der Waals surface area (Å²) in [7, 11) is 0. The molecule has 0 aromatic carbocycles. The van der Waals surface area contributed by atoms with Crippen LogP contribution in [0.15, 0.2) is 6.07 Å². The SMILES string of the molecule is CCNc1nc(OCC2CCCCC2)cc(C(F)(F)F)n1. The standard InChI is InChI=1S/C14H20F3N3O/c1-2-18-13-19-11(14(15,16)17)8-12(20-13)21-9-10-6-4-3-5-7-10/h8,10H,2-7,9H2,1H3,(H,18,19,20). The van der Waals surface area contributed by atoms with E-state index in [1.54, 1.807) is 6.92 Å². The Morgan fingerprint density at radius 2 is 1.95 bits per heavy atom. The van der Waals surface area contributed by atoms with E-state index in [2.05, 4.69) is 15.3 Å². The fourth-order valence-corrected chi connectivity index (χ4v) is 2.44. The minimum Gasteiger partial charge on any atom is -0.477 e. The predicted molar refractivity (Wildman–Crippen MR) is 73.3 cm³/mol. The quantitative estimate of drug-likeness (QED) is 0.896. The Balaban J connectivity index is 2.07. The third-order valence-electron chi connectivity index (χ3n) is 3.52. The number of hydrogen-bond acceptors (Lipinski definition) is 4. The van der Waals surface area contributed by atoms with Crippen LogP contribution >= 0.6 is 0 Å². The van der Waals surface area contributed by atoms with Crippen molar-refractivity contribution in [1.29, 1.82) is 0 Å². The summed E-state index contributed by atoms with van der Waals surface area (Å²) in [4.78, 5) is 7.44. The molecule has 1 heterocycles. The number of alkyl halides is 3. The molecule has 1 aromatic heterocycles. The van der Waals surface area contributed by atoms with Gasteiger partial charge in [-0.15, -0.1) is 0 Å². The molecule has 0 atom stereocenters. The number of nitrogens with one attached hydrogen (secondary N) is 1. The van der Waals surface area contributed by atoms with Crippen molar-refractivity contribution in [2.45, 2.75) is 45.2 Å². The number of aromatic nitrogens is 2. The third kappa shape index (κ3) is 4.75. The molecule has 7 heteroatoms. The Bertz CT molecular complexity index is 459. The van der Waals surface area contributed by atoms with Gasteiger partial charge in [-0.25, -0.2) is 4.98 Å². The predicted octanol–water partition coefficient (Wildman–Crippen LogP) is 3.89. The van der Waals surface area contributed by atoms with Crippen molar-refractivity contribution in [3.05, 3.63) is 11.8 Å². The lowest BCUT2D eigenvalue weighted by atomic mass is 9.90. The molecule has 0 bridgehead atoms. The molecule has 0 saturated heterocycles. The van der Waals surface area contributed by atoms with E-state index < -0.39 is 11.9 Å². The van der Waals surface area contributed by atoms with Crippen LogP contribution in [0.25, 0.3) is 0 Å². The zero-order valence-corrected chi connectivity index (χ0v) is 12.0.